The Labute approximate surface area is 146 Å². The number of nitrogens with zero attached hydrogens (tertiary/aromatic N) is 2. The smallest absolute Gasteiger partial charge is 0.270 e. The second kappa shape index (κ2) is 9.43. The number of carbonyl (C=O) groups excluding carboxylic acids is 1. The number of benzene rings is 1. The van der Waals surface area contributed by atoms with Gasteiger partial charge in [0.2, 0.25) is 0 Å². The summed E-state index contributed by atoms with van der Waals surface area (Å²) in [5.74, 6) is 1.54. The summed E-state index contributed by atoms with van der Waals surface area (Å²) >= 11 is 0. The molecule has 0 spiro atoms. The number of nitrogens with one attached hydrogen (secondary N) is 2. The number of hydrogen-bond acceptors (Lipinski definition) is 7. The first-order valence-corrected chi connectivity index (χ1v) is 7.72. The Kier molecular flexibility index (Phi) is 6.97. The largest absolute Gasteiger partial charge is 0.493 e. The van der Waals surface area contributed by atoms with Crippen LogP contribution in [0.5, 0.6) is 11.5 Å². The maximum Gasteiger partial charge on any atom is 0.270 e. The van der Waals surface area contributed by atoms with Gasteiger partial charge in [-0.3, -0.25) is 4.79 Å². The summed E-state index contributed by atoms with van der Waals surface area (Å²) in [6.07, 6.45) is 1.35. The molecular weight excluding hydrogens is 324 g/mol. The summed E-state index contributed by atoms with van der Waals surface area (Å²) in [6.45, 7) is 1.49. The Morgan fingerprint density at radius 1 is 1.08 bits per heavy atom. The van der Waals surface area contributed by atoms with E-state index in [-0.39, 0.29) is 11.6 Å². The van der Waals surface area contributed by atoms with Crippen molar-refractivity contribution >= 4 is 11.7 Å². The minimum absolute atomic E-state index is 0.285. The first kappa shape index (κ1) is 18.5. The monoisotopic (exact) mass is 346 g/mol. The van der Waals surface area contributed by atoms with Gasteiger partial charge in [0.25, 0.3) is 5.91 Å². The van der Waals surface area contributed by atoms with Gasteiger partial charge in [-0.2, -0.15) is 0 Å². The highest BCUT2D eigenvalue weighted by atomic mass is 16.5. The molecule has 25 heavy (non-hydrogen) atoms. The van der Waals surface area contributed by atoms with Crippen molar-refractivity contribution in [2.45, 2.75) is 6.54 Å². The van der Waals surface area contributed by atoms with Gasteiger partial charge < -0.3 is 24.8 Å². The topological polar surface area (TPSA) is 94.6 Å². The van der Waals surface area contributed by atoms with Gasteiger partial charge >= 0.3 is 0 Å². The van der Waals surface area contributed by atoms with Crippen LogP contribution in [0.2, 0.25) is 0 Å². The molecular formula is C17H22N4O4. The zero-order valence-corrected chi connectivity index (χ0v) is 14.5. The highest BCUT2D eigenvalue weighted by molar-refractivity contribution is 5.92. The van der Waals surface area contributed by atoms with Crippen LogP contribution < -0.4 is 20.1 Å². The van der Waals surface area contributed by atoms with E-state index in [0.29, 0.717) is 37.0 Å². The van der Waals surface area contributed by atoms with E-state index in [1.807, 2.05) is 12.1 Å². The maximum atomic E-state index is 12.3. The SMILES string of the molecule is COCCNc1cc(C(=O)NCc2ccc(OC)c(OC)c2)ncn1. The molecule has 0 unspecified atom stereocenters. The van der Waals surface area contributed by atoms with E-state index in [9.17, 15) is 4.79 Å². The Morgan fingerprint density at radius 2 is 1.88 bits per heavy atom. The quantitative estimate of drug-likeness (QED) is 0.664. The number of carbonyl (C=O) groups is 1. The Balaban J connectivity index is 1.97. The lowest BCUT2D eigenvalue weighted by atomic mass is 10.2. The van der Waals surface area contributed by atoms with Gasteiger partial charge in [0, 0.05) is 26.3 Å². The molecule has 0 aliphatic heterocycles. The highest BCUT2D eigenvalue weighted by Gasteiger charge is 2.10. The van der Waals surface area contributed by atoms with Crippen molar-refractivity contribution in [1.29, 1.82) is 0 Å². The number of amides is 1. The molecule has 0 fully saturated rings. The van der Waals surface area contributed by atoms with Crippen LogP contribution in [-0.2, 0) is 11.3 Å². The van der Waals surface area contributed by atoms with E-state index in [4.69, 9.17) is 14.2 Å². The fraction of sp³-hybridized carbons (Fsp3) is 0.353. The Bertz CT molecular complexity index is 709. The van der Waals surface area contributed by atoms with Crippen molar-refractivity contribution in [3.05, 3.63) is 41.9 Å². The van der Waals surface area contributed by atoms with Crippen molar-refractivity contribution in [2.24, 2.45) is 0 Å². The van der Waals surface area contributed by atoms with E-state index in [1.165, 1.54) is 6.33 Å². The van der Waals surface area contributed by atoms with E-state index in [0.717, 1.165) is 5.56 Å². The Morgan fingerprint density at radius 3 is 2.60 bits per heavy atom. The number of hydrogen-bond donors (Lipinski definition) is 2. The van der Waals surface area contributed by atoms with Crippen molar-refractivity contribution in [1.82, 2.24) is 15.3 Å². The van der Waals surface area contributed by atoms with Crippen LogP contribution in [0.25, 0.3) is 0 Å². The lowest BCUT2D eigenvalue weighted by molar-refractivity contribution is 0.0945. The van der Waals surface area contributed by atoms with E-state index in [2.05, 4.69) is 20.6 Å². The molecule has 0 saturated heterocycles. The third-order valence-corrected chi connectivity index (χ3v) is 3.41. The normalized spacial score (nSPS) is 10.2. The third-order valence-electron chi connectivity index (χ3n) is 3.41. The summed E-state index contributed by atoms with van der Waals surface area (Å²) in [5, 5.41) is 5.88. The average molecular weight is 346 g/mol. The molecule has 8 heteroatoms. The van der Waals surface area contributed by atoms with Gasteiger partial charge in [-0.05, 0) is 17.7 Å². The molecule has 1 aromatic carbocycles. The molecule has 0 radical (unpaired) electrons. The summed E-state index contributed by atoms with van der Waals surface area (Å²) in [7, 11) is 4.76. The molecule has 8 nitrogen and oxygen atoms in total. The molecule has 2 N–H and O–H groups in total. The Hall–Kier alpha value is -2.87. The molecule has 0 aliphatic carbocycles. The lowest BCUT2D eigenvalue weighted by Gasteiger charge is -2.10. The van der Waals surface area contributed by atoms with Crippen molar-refractivity contribution < 1.29 is 19.0 Å². The van der Waals surface area contributed by atoms with E-state index in [1.54, 1.807) is 33.5 Å². The first-order chi connectivity index (χ1) is 12.2. The zero-order chi connectivity index (χ0) is 18.1. The van der Waals surface area contributed by atoms with E-state index >= 15 is 0 Å². The fourth-order valence-corrected chi connectivity index (χ4v) is 2.12. The van der Waals surface area contributed by atoms with Crippen LogP contribution in [0.4, 0.5) is 5.82 Å². The molecule has 0 atom stereocenters. The van der Waals surface area contributed by atoms with Crippen molar-refractivity contribution in [2.75, 3.05) is 39.8 Å². The molecule has 0 bridgehead atoms. The molecule has 134 valence electrons. The lowest BCUT2D eigenvalue weighted by Crippen LogP contribution is -2.24. The molecule has 0 aliphatic rings. The fourth-order valence-electron chi connectivity index (χ4n) is 2.12. The summed E-state index contributed by atoms with van der Waals surface area (Å²) < 4.78 is 15.4. The van der Waals surface area contributed by atoms with Gasteiger partial charge in [0.15, 0.2) is 11.5 Å². The summed E-state index contributed by atoms with van der Waals surface area (Å²) in [5.41, 5.74) is 1.17. The van der Waals surface area contributed by atoms with Crippen LogP contribution in [0.1, 0.15) is 16.1 Å². The van der Waals surface area contributed by atoms with Gasteiger partial charge in [-0.1, -0.05) is 6.07 Å². The number of methoxy groups -OCH3 is 3. The molecule has 1 aromatic heterocycles. The standard InChI is InChI=1S/C17H22N4O4/c1-23-7-6-18-16-9-13(20-11-21-16)17(22)19-10-12-4-5-14(24-2)15(8-12)25-3/h4-5,8-9,11H,6-7,10H2,1-3H3,(H,19,22)(H,18,20,21). The minimum Gasteiger partial charge on any atom is -0.493 e. The maximum absolute atomic E-state index is 12.3. The number of rotatable bonds is 9. The highest BCUT2D eigenvalue weighted by Crippen LogP contribution is 2.27. The second-order valence-electron chi connectivity index (χ2n) is 5.08. The van der Waals surface area contributed by atoms with Crippen LogP contribution >= 0.6 is 0 Å². The molecule has 1 amide bonds. The minimum atomic E-state index is -0.285. The molecule has 2 aromatic rings. The first-order valence-electron chi connectivity index (χ1n) is 7.72. The summed E-state index contributed by atoms with van der Waals surface area (Å²) in [6, 6.07) is 7.07. The molecule has 2 rings (SSSR count). The van der Waals surface area contributed by atoms with Crippen molar-refractivity contribution in [3.63, 3.8) is 0 Å². The second-order valence-corrected chi connectivity index (χ2v) is 5.08. The predicted molar refractivity (Wildman–Crippen MR) is 93.1 cm³/mol. The van der Waals surface area contributed by atoms with Crippen LogP contribution in [0.3, 0.4) is 0 Å². The number of ether oxygens (including phenoxy) is 3. The van der Waals surface area contributed by atoms with Gasteiger partial charge in [-0.25, -0.2) is 9.97 Å². The average Bonchev–Trinajstić information content (AvgIpc) is 2.66. The third kappa shape index (κ3) is 5.32. The van der Waals surface area contributed by atoms with Crippen LogP contribution in [0.15, 0.2) is 30.6 Å². The van der Waals surface area contributed by atoms with Crippen molar-refractivity contribution in [3.8, 4) is 11.5 Å². The molecule has 1 heterocycles. The van der Waals surface area contributed by atoms with Gasteiger partial charge in [0.05, 0.1) is 20.8 Å². The molecule has 0 saturated carbocycles. The van der Waals surface area contributed by atoms with Crippen LogP contribution in [0, 0.1) is 0 Å². The van der Waals surface area contributed by atoms with Crippen LogP contribution in [-0.4, -0.2) is 50.4 Å². The predicted octanol–water partition coefficient (Wildman–Crippen LogP) is 1.48. The number of anilines is 1. The van der Waals surface area contributed by atoms with Gasteiger partial charge in [0.1, 0.15) is 17.8 Å². The zero-order valence-electron chi connectivity index (χ0n) is 14.5. The summed E-state index contributed by atoms with van der Waals surface area (Å²) in [4.78, 5) is 20.3. The van der Waals surface area contributed by atoms with E-state index < -0.39 is 0 Å². The number of aromatic nitrogens is 2. The van der Waals surface area contributed by atoms with Gasteiger partial charge in [-0.15, -0.1) is 0 Å².